The summed E-state index contributed by atoms with van der Waals surface area (Å²) in [7, 11) is -3.38. The minimum Gasteiger partial charge on any atom is -0.289 e. The van der Waals surface area contributed by atoms with Crippen LogP contribution in [0.2, 0.25) is 0 Å². The Morgan fingerprint density at radius 1 is 1.36 bits per heavy atom. The summed E-state index contributed by atoms with van der Waals surface area (Å²) in [5.41, 5.74) is 1.27. The predicted molar refractivity (Wildman–Crippen MR) is 87.3 cm³/mol. The first-order valence-electron chi connectivity index (χ1n) is 6.16. The number of carbonyl (C=O) groups is 1. The minimum atomic E-state index is -3.38. The van der Waals surface area contributed by atoms with Gasteiger partial charge in [0.1, 0.15) is 6.07 Å². The Labute approximate surface area is 132 Å². The summed E-state index contributed by atoms with van der Waals surface area (Å²) in [6.45, 7) is 0. The molecule has 2 aromatic rings. The van der Waals surface area contributed by atoms with Crippen LogP contribution in [0.3, 0.4) is 0 Å². The zero-order valence-corrected chi connectivity index (χ0v) is 13.2. The highest BCUT2D eigenvalue weighted by Gasteiger charge is 2.06. The van der Waals surface area contributed by atoms with Gasteiger partial charge in [0, 0.05) is 21.5 Å². The molecule has 0 spiro atoms. The Hall–Kier alpha value is -2.43. The van der Waals surface area contributed by atoms with Crippen molar-refractivity contribution in [2.24, 2.45) is 0 Å². The van der Waals surface area contributed by atoms with Crippen molar-refractivity contribution in [1.82, 2.24) is 0 Å². The molecular formula is C15H12N2O3S2. The molecule has 1 heterocycles. The molecule has 22 heavy (non-hydrogen) atoms. The van der Waals surface area contributed by atoms with Gasteiger partial charge in [0.05, 0.1) is 11.8 Å². The van der Waals surface area contributed by atoms with Gasteiger partial charge < -0.3 is 0 Å². The van der Waals surface area contributed by atoms with Crippen molar-refractivity contribution in [2.75, 3.05) is 11.0 Å². The van der Waals surface area contributed by atoms with Gasteiger partial charge in [-0.05, 0) is 30.4 Å². The fourth-order valence-corrected chi connectivity index (χ4v) is 2.98. The van der Waals surface area contributed by atoms with Crippen LogP contribution in [0.25, 0.3) is 6.08 Å². The van der Waals surface area contributed by atoms with E-state index in [0.29, 0.717) is 16.8 Å². The van der Waals surface area contributed by atoms with Gasteiger partial charge in [-0.1, -0.05) is 12.1 Å². The van der Waals surface area contributed by atoms with Crippen molar-refractivity contribution >= 4 is 38.9 Å². The van der Waals surface area contributed by atoms with Gasteiger partial charge in [0.25, 0.3) is 0 Å². The second-order valence-corrected chi connectivity index (χ2v) is 7.19. The highest BCUT2D eigenvalue weighted by atomic mass is 32.2. The Morgan fingerprint density at radius 2 is 2.14 bits per heavy atom. The summed E-state index contributed by atoms with van der Waals surface area (Å²) in [5.74, 6) is -0.246. The van der Waals surface area contributed by atoms with Gasteiger partial charge in [0.15, 0.2) is 5.78 Å². The molecule has 0 amide bonds. The number of nitriles is 1. The van der Waals surface area contributed by atoms with Crippen molar-refractivity contribution in [3.63, 3.8) is 0 Å². The molecule has 7 heteroatoms. The summed E-state index contributed by atoms with van der Waals surface area (Å²) >= 11 is 1.37. The van der Waals surface area contributed by atoms with Crippen LogP contribution < -0.4 is 4.72 Å². The highest BCUT2D eigenvalue weighted by Crippen LogP contribution is 2.17. The van der Waals surface area contributed by atoms with Crippen LogP contribution in [0.5, 0.6) is 0 Å². The molecule has 1 aromatic carbocycles. The lowest BCUT2D eigenvalue weighted by atomic mass is 10.1. The van der Waals surface area contributed by atoms with Crippen LogP contribution in [0.4, 0.5) is 5.69 Å². The number of ketones is 1. The molecule has 5 nitrogen and oxygen atoms in total. The Balaban J connectivity index is 2.16. The summed E-state index contributed by atoms with van der Waals surface area (Å²) in [6, 6.07) is 9.97. The Bertz CT molecular complexity index is 874. The standard InChI is InChI=1S/C15H12N2O3S2/c1-22(19,20)17-13-4-2-3-12(8-13)15(18)6-5-14-7-11(9-16)10-21-14/h2-8,10,17H,1H3. The molecule has 0 bridgehead atoms. The van der Waals surface area contributed by atoms with Gasteiger partial charge >= 0.3 is 0 Å². The fraction of sp³-hybridized carbons (Fsp3) is 0.0667. The van der Waals surface area contributed by atoms with Crippen molar-refractivity contribution in [3.05, 3.63) is 57.8 Å². The van der Waals surface area contributed by atoms with Crippen molar-refractivity contribution in [1.29, 1.82) is 5.26 Å². The molecule has 0 fully saturated rings. The molecule has 112 valence electrons. The molecule has 1 N–H and O–H groups in total. The topological polar surface area (TPSA) is 87.0 Å². The highest BCUT2D eigenvalue weighted by molar-refractivity contribution is 7.92. The summed E-state index contributed by atoms with van der Waals surface area (Å²) < 4.78 is 24.7. The smallest absolute Gasteiger partial charge is 0.229 e. The van der Waals surface area contributed by atoms with E-state index < -0.39 is 10.0 Å². The van der Waals surface area contributed by atoms with Gasteiger partial charge in [-0.15, -0.1) is 11.3 Å². The van der Waals surface area contributed by atoms with E-state index in [9.17, 15) is 13.2 Å². The zero-order chi connectivity index (χ0) is 16.2. The first kappa shape index (κ1) is 15.9. The summed E-state index contributed by atoms with van der Waals surface area (Å²) in [4.78, 5) is 12.9. The van der Waals surface area contributed by atoms with E-state index in [0.717, 1.165) is 11.1 Å². The lowest BCUT2D eigenvalue weighted by Gasteiger charge is -2.04. The number of rotatable bonds is 5. The number of thiophene rings is 1. The van der Waals surface area contributed by atoms with Gasteiger partial charge in [-0.2, -0.15) is 5.26 Å². The van der Waals surface area contributed by atoms with Crippen molar-refractivity contribution < 1.29 is 13.2 Å². The molecular weight excluding hydrogens is 320 g/mol. The number of anilines is 1. The quantitative estimate of drug-likeness (QED) is 0.673. The van der Waals surface area contributed by atoms with E-state index in [4.69, 9.17) is 5.26 Å². The first-order chi connectivity index (χ1) is 10.4. The number of hydrogen-bond acceptors (Lipinski definition) is 5. The maximum absolute atomic E-state index is 12.1. The van der Waals surface area contributed by atoms with Crippen LogP contribution in [-0.4, -0.2) is 20.5 Å². The third-order valence-corrected chi connectivity index (χ3v) is 4.10. The number of nitrogens with one attached hydrogen (secondary N) is 1. The van der Waals surface area contributed by atoms with E-state index in [1.807, 2.05) is 6.07 Å². The number of allylic oxidation sites excluding steroid dienone is 1. The lowest BCUT2D eigenvalue weighted by Crippen LogP contribution is -2.10. The first-order valence-corrected chi connectivity index (χ1v) is 8.93. The second kappa shape index (κ2) is 6.56. The minimum absolute atomic E-state index is 0.246. The van der Waals surface area contributed by atoms with E-state index in [1.165, 1.54) is 23.5 Å². The number of sulfonamides is 1. The number of carbonyl (C=O) groups excluding carboxylic acids is 1. The van der Waals surface area contributed by atoms with E-state index >= 15 is 0 Å². The molecule has 1 aromatic heterocycles. The lowest BCUT2D eigenvalue weighted by molar-refractivity contribution is 0.104. The summed E-state index contributed by atoms with van der Waals surface area (Å²) in [5, 5.41) is 10.4. The van der Waals surface area contributed by atoms with Crippen LogP contribution >= 0.6 is 11.3 Å². The number of nitrogens with zero attached hydrogens (tertiary/aromatic N) is 1. The zero-order valence-electron chi connectivity index (χ0n) is 11.6. The molecule has 0 aliphatic rings. The van der Waals surface area contributed by atoms with E-state index in [-0.39, 0.29) is 5.78 Å². The molecule has 0 atom stereocenters. The van der Waals surface area contributed by atoms with Crippen LogP contribution in [0, 0.1) is 11.3 Å². The molecule has 0 saturated carbocycles. The SMILES string of the molecule is CS(=O)(=O)Nc1cccc(C(=O)C=Cc2cc(C#N)cs2)c1. The largest absolute Gasteiger partial charge is 0.289 e. The van der Waals surface area contributed by atoms with Crippen LogP contribution in [-0.2, 0) is 10.0 Å². The van der Waals surface area contributed by atoms with Gasteiger partial charge in [-0.3, -0.25) is 9.52 Å². The monoisotopic (exact) mass is 332 g/mol. The fourth-order valence-electron chi connectivity index (χ4n) is 1.70. The molecule has 0 aliphatic heterocycles. The van der Waals surface area contributed by atoms with E-state index in [2.05, 4.69) is 4.72 Å². The van der Waals surface area contributed by atoms with Crippen molar-refractivity contribution in [3.8, 4) is 6.07 Å². The van der Waals surface area contributed by atoms with Crippen LogP contribution in [0.1, 0.15) is 20.8 Å². The Morgan fingerprint density at radius 3 is 2.77 bits per heavy atom. The molecule has 0 saturated heterocycles. The maximum Gasteiger partial charge on any atom is 0.229 e. The van der Waals surface area contributed by atoms with Gasteiger partial charge in [0.2, 0.25) is 10.0 Å². The van der Waals surface area contributed by atoms with Crippen molar-refractivity contribution in [2.45, 2.75) is 0 Å². The maximum atomic E-state index is 12.1. The molecule has 0 radical (unpaired) electrons. The second-order valence-electron chi connectivity index (χ2n) is 4.50. The van der Waals surface area contributed by atoms with E-state index in [1.54, 1.807) is 35.7 Å². The number of benzene rings is 1. The third-order valence-electron chi connectivity index (χ3n) is 2.60. The number of hydrogen-bond donors (Lipinski definition) is 1. The van der Waals surface area contributed by atoms with Gasteiger partial charge in [-0.25, -0.2) is 8.42 Å². The average Bonchev–Trinajstić information content (AvgIpc) is 2.91. The molecule has 2 rings (SSSR count). The molecule has 0 unspecified atom stereocenters. The molecule has 0 aliphatic carbocycles. The normalized spacial score (nSPS) is 11.3. The summed E-state index contributed by atoms with van der Waals surface area (Å²) in [6.07, 6.45) is 4.07. The predicted octanol–water partition coefficient (Wildman–Crippen LogP) is 2.89. The third kappa shape index (κ3) is 4.55. The Kier molecular flexibility index (Phi) is 4.75. The van der Waals surface area contributed by atoms with Crippen LogP contribution in [0.15, 0.2) is 41.8 Å². The average molecular weight is 332 g/mol.